The van der Waals surface area contributed by atoms with Gasteiger partial charge in [0.25, 0.3) is 0 Å². The fraction of sp³-hybridized carbons (Fsp3) is 0.625. The minimum atomic E-state index is -1.02. The molecule has 0 saturated carbocycles. The van der Waals surface area contributed by atoms with Crippen molar-refractivity contribution in [2.75, 3.05) is 13.7 Å². The zero-order chi connectivity index (χ0) is 14.1. The first-order chi connectivity index (χ1) is 8.93. The number of aliphatic hydroxyl groups is 1. The lowest BCUT2D eigenvalue weighted by Crippen LogP contribution is -2.47. The molecule has 1 unspecified atom stereocenters. The van der Waals surface area contributed by atoms with Crippen molar-refractivity contribution < 1.29 is 14.6 Å². The van der Waals surface area contributed by atoms with E-state index in [9.17, 15) is 5.11 Å². The topological polar surface area (TPSA) is 42.0 Å². The molecule has 0 amide bonds. The highest BCUT2D eigenvalue weighted by atomic mass is 16.6. The fourth-order valence-corrected chi connectivity index (χ4v) is 2.67. The highest BCUT2D eigenvalue weighted by Gasteiger charge is 2.62. The highest BCUT2D eigenvalue weighted by Crippen LogP contribution is 2.50. The van der Waals surface area contributed by atoms with Gasteiger partial charge in [-0.25, -0.2) is 0 Å². The molecule has 1 spiro atoms. The van der Waals surface area contributed by atoms with E-state index in [0.29, 0.717) is 6.61 Å². The SMILES string of the molecule is COC1=C[C@](O)(/C(C)=C/CC=C(C)C)C2(CC1)CO2. The van der Waals surface area contributed by atoms with Crippen LogP contribution < -0.4 is 0 Å². The summed E-state index contributed by atoms with van der Waals surface area (Å²) in [7, 11) is 1.65. The average Bonchev–Trinajstić information content (AvgIpc) is 3.14. The van der Waals surface area contributed by atoms with E-state index in [-0.39, 0.29) is 0 Å². The summed E-state index contributed by atoms with van der Waals surface area (Å²) in [5.74, 6) is 0.846. The van der Waals surface area contributed by atoms with Crippen molar-refractivity contribution in [3.63, 3.8) is 0 Å². The Morgan fingerprint density at radius 3 is 2.63 bits per heavy atom. The highest BCUT2D eigenvalue weighted by molar-refractivity contribution is 5.37. The Balaban J connectivity index is 2.25. The Hall–Kier alpha value is -1.06. The van der Waals surface area contributed by atoms with Gasteiger partial charge in [-0.1, -0.05) is 17.7 Å². The molecule has 1 fully saturated rings. The predicted molar refractivity (Wildman–Crippen MR) is 75.8 cm³/mol. The van der Waals surface area contributed by atoms with Crippen LogP contribution >= 0.6 is 0 Å². The van der Waals surface area contributed by atoms with Crippen LogP contribution in [-0.2, 0) is 9.47 Å². The third kappa shape index (κ3) is 2.63. The first kappa shape index (κ1) is 14.4. The zero-order valence-corrected chi connectivity index (χ0v) is 12.3. The van der Waals surface area contributed by atoms with Gasteiger partial charge >= 0.3 is 0 Å². The molecule has 2 atom stereocenters. The molecule has 0 aromatic heterocycles. The second-order valence-electron chi connectivity index (χ2n) is 5.77. The molecular weight excluding hydrogens is 240 g/mol. The van der Waals surface area contributed by atoms with Crippen LogP contribution in [0.4, 0.5) is 0 Å². The van der Waals surface area contributed by atoms with Gasteiger partial charge < -0.3 is 14.6 Å². The van der Waals surface area contributed by atoms with E-state index in [2.05, 4.69) is 26.0 Å². The summed E-state index contributed by atoms with van der Waals surface area (Å²) in [5, 5.41) is 11.0. The van der Waals surface area contributed by atoms with Crippen molar-refractivity contribution >= 4 is 0 Å². The van der Waals surface area contributed by atoms with E-state index < -0.39 is 11.2 Å². The van der Waals surface area contributed by atoms with Gasteiger partial charge in [0.1, 0.15) is 11.2 Å². The monoisotopic (exact) mass is 264 g/mol. The molecule has 1 heterocycles. The van der Waals surface area contributed by atoms with Crippen molar-refractivity contribution in [3.8, 4) is 0 Å². The first-order valence-corrected chi connectivity index (χ1v) is 6.86. The van der Waals surface area contributed by atoms with Crippen molar-refractivity contribution in [3.05, 3.63) is 35.1 Å². The Labute approximate surface area is 115 Å². The number of methoxy groups -OCH3 is 1. The van der Waals surface area contributed by atoms with Crippen LogP contribution in [-0.4, -0.2) is 30.0 Å². The molecule has 3 heteroatoms. The third-order valence-electron chi connectivity index (χ3n) is 4.15. The van der Waals surface area contributed by atoms with Crippen LogP contribution in [0.2, 0.25) is 0 Å². The Kier molecular flexibility index (Phi) is 3.88. The second kappa shape index (κ2) is 5.14. The van der Waals surface area contributed by atoms with E-state index in [1.807, 2.05) is 13.0 Å². The molecule has 1 aliphatic carbocycles. The smallest absolute Gasteiger partial charge is 0.138 e. The molecule has 2 rings (SSSR count). The van der Waals surface area contributed by atoms with Gasteiger partial charge in [0, 0.05) is 6.42 Å². The number of allylic oxidation sites excluding steroid dienone is 4. The summed E-state index contributed by atoms with van der Waals surface area (Å²) in [6, 6.07) is 0. The molecule has 19 heavy (non-hydrogen) atoms. The number of rotatable bonds is 4. The number of epoxide rings is 1. The van der Waals surface area contributed by atoms with Crippen molar-refractivity contribution in [1.82, 2.24) is 0 Å². The molecular formula is C16H24O3. The lowest BCUT2D eigenvalue weighted by atomic mass is 9.74. The van der Waals surface area contributed by atoms with Crippen LogP contribution in [0.1, 0.15) is 40.0 Å². The largest absolute Gasteiger partial charge is 0.501 e. The normalized spacial score (nSPS) is 33.9. The van der Waals surface area contributed by atoms with Gasteiger partial charge in [0.15, 0.2) is 0 Å². The van der Waals surface area contributed by atoms with Crippen molar-refractivity contribution in [1.29, 1.82) is 0 Å². The maximum absolute atomic E-state index is 11.0. The van der Waals surface area contributed by atoms with Gasteiger partial charge in [-0.15, -0.1) is 0 Å². The van der Waals surface area contributed by atoms with Gasteiger partial charge in [-0.2, -0.15) is 0 Å². The molecule has 106 valence electrons. The minimum absolute atomic E-state index is 0.416. The van der Waals surface area contributed by atoms with Crippen molar-refractivity contribution in [2.24, 2.45) is 0 Å². The Bertz CT molecular complexity index is 437. The molecule has 0 bridgehead atoms. The fourth-order valence-electron chi connectivity index (χ4n) is 2.67. The minimum Gasteiger partial charge on any atom is -0.501 e. The molecule has 3 nitrogen and oxygen atoms in total. The van der Waals surface area contributed by atoms with E-state index in [1.165, 1.54) is 5.57 Å². The predicted octanol–water partition coefficient (Wildman–Crippen LogP) is 3.11. The Morgan fingerprint density at radius 2 is 2.11 bits per heavy atom. The third-order valence-corrected chi connectivity index (χ3v) is 4.15. The number of hydrogen-bond acceptors (Lipinski definition) is 3. The summed E-state index contributed by atoms with van der Waals surface area (Å²) < 4.78 is 10.9. The molecule has 1 saturated heterocycles. The average molecular weight is 264 g/mol. The molecule has 1 N–H and O–H groups in total. The van der Waals surface area contributed by atoms with E-state index in [4.69, 9.17) is 9.47 Å². The summed E-state index contributed by atoms with van der Waals surface area (Å²) >= 11 is 0. The molecule has 2 aliphatic rings. The molecule has 0 aromatic rings. The molecule has 0 radical (unpaired) electrons. The summed E-state index contributed by atoms with van der Waals surface area (Å²) in [6.45, 7) is 6.75. The molecule has 0 aromatic carbocycles. The quantitative estimate of drug-likeness (QED) is 0.626. The van der Waals surface area contributed by atoms with Gasteiger partial charge in [-0.3, -0.25) is 0 Å². The van der Waals surface area contributed by atoms with Crippen molar-refractivity contribution in [2.45, 2.75) is 51.2 Å². The summed E-state index contributed by atoms with van der Waals surface area (Å²) in [6.07, 6.45) is 8.54. The number of ether oxygens (including phenoxy) is 2. The standard InChI is InChI=1S/C16H24O3/c1-12(2)6-5-7-13(3)16(17)10-14(18-4)8-9-15(16)11-19-15/h6-7,10,17H,5,8-9,11H2,1-4H3/b13-7+/t15?,16-/m0/s1. The summed E-state index contributed by atoms with van der Waals surface area (Å²) in [4.78, 5) is 0. The zero-order valence-electron chi connectivity index (χ0n) is 12.3. The Morgan fingerprint density at radius 1 is 1.42 bits per heavy atom. The van der Waals surface area contributed by atoms with Crippen LogP contribution in [0.15, 0.2) is 35.1 Å². The van der Waals surface area contributed by atoms with Crippen LogP contribution in [0.5, 0.6) is 0 Å². The van der Waals surface area contributed by atoms with E-state index in [1.54, 1.807) is 7.11 Å². The van der Waals surface area contributed by atoms with Gasteiger partial charge in [-0.05, 0) is 45.3 Å². The maximum atomic E-state index is 11.0. The molecule has 1 aliphatic heterocycles. The van der Waals surface area contributed by atoms with E-state index >= 15 is 0 Å². The van der Waals surface area contributed by atoms with Crippen LogP contribution in [0, 0.1) is 0 Å². The lowest BCUT2D eigenvalue weighted by Gasteiger charge is -2.36. The van der Waals surface area contributed by atoms with Gasteiger partial charge in [0.05, 0.1) is 19.5 Å². The lowest BCUT2D eigenvalue weighted by molar-refractivity contribution is 0.0153. The van der Waals surface area contributed by atoms with E-state index in [0.717, 1.165) is 30.6 Å². The first-order valence-electron chi connectivity index (χ1n) is 6.86. The number of hydrogen-bond donors (Lipinski definition) is 1. The maximum Gasteiger partial charge on any atom is 0.138 e. The van der Waals surface area contributed by atoms with Gasteiger partial charge in [0.2, 0.25) is 0 Å². The van der Waals surface area contributed by atoms with Crippen LogP contribution in [0.3, 0.4) is 0 Å². The second-order valence-corrected chi connectivity index (χ2v) is 5.77. The summed E-state index contributed by atoms with van der Waals surface area (Å²) in [5.41, 5.74) is 0.786. The van der Waals surface area contributed by atoms with Crippen LogP contribution in [0.25, 0.3) is 0 Å².